The summed E-state index contributed by atoms with van der Waals surface area (Å²) in [5.41, 5.74) is 3.37. The molecule has 164 valence electrons. The summed E-state index contributed by atoms with van der Waals surface area (Å²) < 4.78 is 5.56. The standard InChI is InChI=1S/C26H32N2O3/c1-31-24-14-8-5-11-19(24)15-27-22-16-28(26(30)18-9-3-2-4-10-18)21-13-7-6-12-20(21)25(22)23(27)17-29/h5-8,11-14,18,22-23,25,29H,2-4,9-10,15-17H2,1H3/t22-,23-,25+/m1/s1. The van der Waals surface area contributed by atoms with Crippen molar-refractivity contribution in [3.05, 3.63) is 59.7 Å². The van der Waals surface area contributed by atoms with Gasteiger partial charge in [-0.15, -0.1) is 0 Å². The first kappa shape index (κ1) is 20.5. The van der Waals surface area contributed by atoms with Gasteiger partial charge in [-0.05, 0) is 30.5 Å². The van der Waals surface area contributed by atoms with Crippen molar-refractivity contribution in [3.63, 3.8) is 0 Å². The molecule has 2 heterocycles. The van der Waals surface area contributed by atoms with Gasteiger partial charge in [0.2, 0.25) is 5.91 Å². The van der Waals surface area contributed by atoms with Gasteiger partial charge in [-0.2, -0.15) is 0 Å². The topological polar surface area (TPSA) is 53.0 Å². The molecule has 31 heavy (non-hydrogen) atoms. The molecule has 2 aromatic rings. The molecular weight excluding hydrogens is 388 g/mol. The minimum Gasteiger partial charge on any atom is -0.496 e. The quantitative estimate of drug-likeness (QED) is 0.796. The third-order valence-electron chi connectivity index (χ3n) is 7.59. The second kappa shape index (κ2) is 8.64. The molecule has 1 saturated carbocycles. The predicted molar refractivity (Wildman–Crippen MR) is 121 cm³/mol. The lowest BCUT2D eigenvalue weighted by Crippen LogP contribution is -2.69. The lowest BCUT2D eigenvalue weighted by atomic mass is 9.71. The minimum absolute atomic E-state index is 0.0583. The van der Waals surface area contributed by atoms with E-state index in [1.807, 2.05) is 24.3 Å². The Morgan fingerprint density at radius 1 is 1.06 bits per heavy atom. The monoisotopic (exact) mass is 420 g/mol. The number of aliphatic hydroxyl groups excluding tert-OH is 1. The zero-order chi connectivity index (χ0) is 21.4. The summed E-state index contributed by atoms with van der Waals surface area (Å²) in [7, 11) is 1.70. The normalized spacial score (nSPS) is 26.0. The van der Waals surface area contributed by atoms with Crippen molar-refractivity contribution in [3.8, 4) is 5.75 Å². The fraction of sp³-hybridized carbons (Fsp3) is 0.500. The molecule has 3 atom stereocenters. The summed E-state index contributed by atoms with van der Waals surface area (Å²) in [6.07, 6.45) is 5.58. The van der Waals surface area contributed by atoms with Gasteiger partial charge in [0.25, 0.3) is 0 Å². The number of likely N-dealkylation sites (tertiary alicyclic amines) is 1. The second-order valence-corrected chi connectivity index (χ2v) is 9.17. The molecule has 1 amide bonds. The van der Waals surface area contributed by atoms with E-state index in [9.17, 15) is 9.90 Å². The minimum atomic E-state index is 0.0583. The van der Waals surface area contributed by atoms with Gasteiger partial charge in [0.15, 0.2) is 0 Å². The highest BCUT2D eigenvalue weighted by Gasteiger charge is 2.53. The van der Waals surface area contributed by atoms with Crippen LogP contribution < -0.4 is 9.64 Å². The Labute approximate surface area is 184 Å². The van der Waals surface area contributed by atoms with Crippen molar-refractivity contribution in [2.24, 2.45) is 5.92 Å². The van der Waals surface area contributed by atoms with Gasteiger partial charge in [-0.3, -0.25) is 9.69 Å². The number of ether oxygens (including phenoxy) is 1. The number of benzene rings is 2. The third kappa shape index (κ3) is 3.54. The second-order valence-electron chi connectivity index (χ2n) is 9.17. The van der Waals surface area contributed by atoms with Crippen LogP contribution in [0.1, 0.15) is 49.1 Å². The largest absolute Gasteiger partial charge is 0.496 e. The van der Waals surface area contributed by atoms with Crippen LogP contribution in [0.5, 0.6) is 5.75 Å². The van der Waals surface area contributed by atoms with E-state index in [1.54, 1.807) is 7.11 Å². The van der Waals surface area contributed by atoms with Crippen molar-refractivity contribution in [2.75, 3.05) is 25.2 Å². The lowest BCUT2D eigenvalue weighted by molar-refractivity contribution is -0.124. The van der Waals surface area contributed by atoms with Crippen LogP contribution in [0.2, 0.25) is 0 Å². The molecule has 0 radical (unpaired) electrons. The van der Waals surface area contributed by atoms with Crippen LogP contribution in [0.4, 0.5) is 5.69 Å². The van der Waals surface area contributed by atoms with Gasteiger partial charge in [-0.25, -0.2) is 0 Å². The van der Waals surface area contributed by atoms with Gasteiger partial charge in [0.05, 0.1) is 13.7 Å². The number of nitrogens with zero attached hydrogens (tertiary/aromatic N) is 2. The summed E-state index contributed by atoms with van der Waals surface area (Å²) in [5, 5.41) is 10.3. The summed E-state index contributed by atoms with van der Waals surface area (Å²) in [4.78, 5) is 18.0. The van der Waals surface area contributed by atoms with Crippen LogP contribution in [0.15, 0.2) is 48.5 Å². The van der Waals surface area contributed by atoms with E-state index in [4.69, 9.17) is 4.74 Å². The number of methoxy groups -OCH3 is 1. The highest BCUT2D eigenvalue weighted by atomic mass is 16.5. The number of carbonyl (C=O) groups is 1. The van der Waals surface area contributed by atoms with Crippen LogP contribution >= 0.6 is 0 Å². The fourth-order valence-electron chi connectivity index (χ4n) is 6.01. The van der Waals surface area contributed by atoms with Crippen LogP contribution in [-0.2, 0) is 11.3 Å². The van der Waals surface area contributed by atoms with E-state index in [-0.39, 0.29) is 36.4 Å². The summed E-state index contributed by atoms with van der Waals surface area (Å²) in [6, 6.07) is 16.7. The molecule has 2 aromatic carbocycles. The van der Waals surface area contributed by atoms with Crippen LogP contribution in [0, 0.1) is 5.92 Å². The Balaban J connectivity index is 1.45. The van der Waals surface area contributed by atoms with Crippen molar-refractivity contribution in [1.82, 2.24) is 4.90 Å². The van der Waals surface area contributed by atoms with Gasteiger partial charge >= 0.3 is 0 Å². The molecule has 2 aliphatic heterocycles. The first-order valence-corrected chi connectivity index (χ1v) is 11.6. The van der Waals surface area contributed by atoms with Gasteiger partial charge in [-0.1, -0.05) is 55.7 Å². The zero-order valence-electron chi connectivity index (χ0n) is 18.2. The van der Waals surface area contributed by atoms with E-state index in [0.717, 1.165) is 42.7 Å². The summed E-state index contributed by atoms with van der Waals surface area (Å²) in [6.45, 7) is 1.52. The molecule has 1 N–H and O–H groups in total. The average Bonchev–Trinajstić information content (AvgIpc) is 2.83. The van der Waals surface area contributed by atoms with Crippen LogP contribution in [0.3, 0.4) is 0 Å². The van der Waals surface area contributed by atoms with Gasteiger partial charge in [0.1, 0.15) is 5.75 Å². The highest BCUT2D eigenvalue weighted by molar-refractivity contribution is 5.96. The van der Waals surface area contributed by atoms with E-state index < -0.39 is 0 Å². The number of rotatable bonds is 5. The van der Waals surface area contributed by atoms with Crippen LogP contribution in [0.25, 0.3) is 0 Å². The first-order valence-electron chi connectivity index (χ1n) is 11.6. The number of anilines is 1. The van der Waals surface area contributed by atoms with Gasteiger partial charge < -0.3 is 14.7 Å². The Hall–Kier alpha value is -2.37. The zero-order valence-corrected chi connectivity index (χ0v) is 18.2. The molecule has 0 spiro atoms. The number of hydrogen-bond donors (Lipinski definition) is 1. The summed E-state index contributed by atoms with van der Waals surface area (Å²) >= 11 is 0. The maximum atomic E-state index is 13.5. The van der Waals surface area contributed by atoms with Crippen LogP contribution in [-0.4, -0.2) is 48.3 Å². The van der Waals surface area contributed by atoms with Crippen molar-refractivity contribution in [2.45, 2.75) is 56.7 Å². The number of aliphatic hydroxyl groups is 1. The number of hydrogen-bond acceptors (Lipinski definition) is 4. The highest BCUT2D eigenvalue weighted by Crippen LogP contribution is 2.49. The molecular formula is C26H32N2O3. The van der Waals surface area contributed by atoms with Crippen molar-refractivity contribution in [1.29, 1.82) is 0 Å². The fourth-order valence-corrected chi connectivity index (χ4v) is 6.01. The average molecular weight is 421 g/mol. The van der Waals surface area contributed by atoms with Crippen molar-refractivity contribution < 1.29 is 14.6 Å². The van der Waals surface area contributed by atoms with E-state index in [2.05, 4.69) is 34.1 Å². The molecule has 0 aromatic heterocycles. The Kier molecular flexibility index (Phi) is 5.72. The first-order chi connectivity index (χ1) is 15.2. The molecule has 1 aliphatic carbocycles. The molecule has 5 rings (SSSR count). The van der Waals surface area contributed by atoms with E-state index >= 15 is 0 Å². The molecule has 2 fully saturated rings. The lowest BCUT2D eigenvalue weighted by Gasteiger charge is -2.59. The Morgan fingerprint density at radius 2 is 1.81 bits per heavy atom. The van der Waals surface area contributed by atoms with E-state index in [1.165, 1.54) is 12.0 Å². The number of carbonyl (C=O) groups excluding carboxylic acids is 1. The molecule has 3 aliphatic rings. The summed E-state index contributed by atoms with van der Waals surface area (Å²) in [5.74, 6) is 1.56. The predicted octanol–water partition coefficient (Wildman–Crippen LogP) is 3.95. The van der Waals surface area contributed by atoms with Gasteiger partial charge in [0, 0.05) is 48.3 Å². The Bertz CT molecular complexity index is 940. The SMILES string of the molecule is COc1ccccc1CN1[C@H](CO)[C@H]2c3ccccc3N(C(=O)C3CCCCC3)C[C@H]21. The molecule has 0 unspecified atom stereocenters. The Morgan fingerprint density at radius 3 is 2.58 bits per heavy atom. The maximum absolute atomic E-state index is 13.5. The number of para-hydroxylation sites is 2. The molecule has 5 heteroatoms. The molecule has 1 saturated heterocycles. The number of amides is 1. The maximum Gasteiger partial charge on any atom is 0.230 e. The third-order valence-corrected chi connectivity index (χ3v) is 7.59. The molecule has 5 nitrogen and oxygen atoms in total. The van der Waals surface area contributed by atoms with Crippen molar-refractivity contribution >= 4 is 11.6 Å². The smallest absolute Gasteiger partial charge is 0.230 e. The number of fused-ring (bicyclic) bond motifs is 3. The van der Waals surface area contributed by atoms with E-state index in [0.29, 0.717) is 13.1 Å². The molecule has 0 bridgehead atoms.